The van der Waals surface area contributed by atoms with Gasteiger partial charge in [-0.2, -0.15) is 0 Å². The Labute approximate surface area is 111 Å². The molecule has 0 amide bonds. The Hall–Kier alpha value is -0.160. The lowest BCUT2D eigenvalue weighted by atomic mass is 9.78. The summed E-state index contributed by atoms with van der Waals surface area (Å²) in [4.78, 5) is 2.53. The average Bonchev–Trinajstić information content (AvgIpc) is 2.34. The third kappa shape index (κ3) is 3.67. The van der Waals surface area contributed by atoms with Gasteiger partial charge in [-0.3, -0.25) is 0 Å². The Bertz CT molecular complexity index is 247. The Morgan fingerprint density at radius 1 is 1.17 bits per heavy atom. The zero-order chi connectivity index (χ0) is 13.1. The Morgan fingerprint density at radius 2 is 1.78 bits per heavy atom. The number of rotatable bonds is 4. The minimum Gasteiger partial charge on any atom is -0.390 e. The number of hydrogen-bond acceptors (Lipinski definition) is 4. The van der Waals surface area contributed by atoms with Crippen LogP contribution in [0.1, 0.15) is 32.6 Å². The van der Waals surface area contributed by atoms with E-state index in [0.29, 0.717) is 5.41 Å². The van der Waals surface area contributed by atoms with Gasteiger partial charge >= 0.3 is 0 Å². The van der Waals surface area contributed by atoms with Crippen molar-refractivity contribution < 1.29 is 9.84 Å². The monoisotopic (exact) mass is 256 g/mol. The number of likely N-dealkylation sites (tertiary alicyclic amines) is 1. The van der Waals surface area contributed by atoms with E-state index in [4.69, 9.17) is 4.74 Å². The minimum atomic E-state index is -0.442. The van der Waals surface area contributed by atoms with Crippen molar-refractivity contribution in [1.82, 2.24) is 10.2 Å². The highest BCUT2D eigenvalue weighted by Crippen LogP contribution is 2.32. The van der Waals surface area contributed by atoms with E-state index in [1.54, 1.807) is 0 Å². The van der Waals surface area contributed by atoms with Crippen LogP contribution in [0.5, 0.6) is 0 Å². The lowest BCUT2D eigenvalue weighted by Crippen LogP contribution is -2.51. The largest absolute Gasteiger partial charge is 0.390 e. The summed E-state index contributed by atoms with van der Waals surface area (Å²) in [6.45, 7) is 8.03. The minimum absolute atomic E-state index is 0.371. The molecule has 2 rings (SSSR count). The molecule has 0 radical (unpaired) electrons. The molecule has 2 aliphatic heterocycles. The van der Waals surface area contributed by atoms with Crippen LogP contribution in [0.25, 0.3) is 0 Å². The van der Waals surface area contributed by atoms with Gasteiger partial charge in [0.05, 0.1) is 5.60 Å². The second-order valence-electron chi connectivity index (χ2n) is 6.42. The van der Waals surface area contributed by atoms with Crippen molar-refractivity contribution in [3.05, 3.63) is 0 Å². The van der Waals surface area contributed by atoms with Gasteiger partial charge in [-0.25, -0.2) is 0 Å². The van der Waals surface area contributed by atoms with Crippen LogP contribution < -0.4 is 5.32 Å². The molecule has 0 aromatic rings. The predicted molar refractivity (Wildman–Crippen MR) is 72.7 cm³/mol. The summed E-state index contributed by atoms with van der Waals surface area (Å²) >= 11 is 0. The van der Waals surface area contributed by atoms with E-state index in [-0.39, 0.29) is 0 Å². The number of piperidine rings is 1. The molecule has 2 N–H and O–H groups in total. The van der Waals surface area contributed by atoms with Gasteiger partial charge in [0.1, 0.15) is 0 Å². The van der Waals surface area contributed by atoms with E-state index in [1.807, 2.05) is 14.0 Å². The number of nitrogens with zero attached hydrogens (tertiary/aromatic N) is 1. The molecule has 0 atom stereocenters. The van der Waals surface area contributed by atoms with Crippen molar-refractivity contribution in [1.29, 1.82) is 0 Å². The molecule has 0 aliphatic carbocycles. The highest BCUT2D eigenvalue weighted by Gasteiger charge is 2.36. The van der Waals surface area contributed by atoms with E-state index >= 15 is 0 Å². The number of hydrogen-bond donors (Lipinski definition) is 2. The molecule has 106 valence electrons. The average molecular weight is 256 g/mol. The van der Waals surface area contributed by atoms with E-state index in [9.17, 15) is 5.11 Å². The fourth-order valence-electron chi connectivity index (χ4n) is 3.24. The molecule has 0 saturated carbocycles. The molecule has 2 aliphatic rings. The molecule has 2 fully saturated rings. The quantitative estimate of drug-likeness (QED) is 0.783. The van der Waals surface area contributed by atoms with Crippen molar-refractivity contribution in [2.45, 2.75) is 38.2 Å². The Kier molecular flexibility index (Phi) is 4.64. The molecule has 2 saturated heterocycles. The molecule has 0 spiro atoms. The van der Waals surface area contributed by atoms with Crippen molar-refractivity contribution in [2.24, 2.45) is 5.41 Å². The molecule has 0 unspecified atom stereocenters. The topological polar surface area (TPSA) is 44.7 Å². The highest BCUT2D eigenvalue weighted by atomic mass is 16.5. The van der Waals surface area contributed by atoms with Gasteiger partial charge in [0.25, 0.3) is 0 Å². The lowest BCUT2D eigenvalue weighted by Gasteiger charge is -2.44. The zero-order valence-corrected chi connectivity index (χ0v) is 11.9. The van der Waals surface area contributed by atoms with Crippen LogP contribution in [0, 0.1) is 5.41 Å². The summed E-state index contributed by atoms with van der Waals surface area (Å²) in [5, 5.41) is 13.4. The third-order valence-corrected chi connectivity index (χ3v) is 4.60. The number of nitrogens with one attached hydrogen (secondary N) is 1. The molecular formula is C14H28N2O2. The fourth-order valence-corrected chi connectivity index (χ4v) is 3.24. The third-order valence-electron chi connectivity index (χ3n) is 4.60. The van der Waals surface area contributed by atoms with E-state index in [1.165, 1.54) is 0 Å². The predicted octanol–water partition coefficient (Wildman–Crippen LogP) is 0.849. The summed E-state index contributed by atoms with van der Waals surface area (Å²) in [6.07, 6.45) is 4.11. The van der Waals surface area contributed by atoms with Crippen LogP contribution in [0.4, 0.5) is 0 Å². The van der Waals surface area contributed by atoms with E-state index in [0.717, 1.165) is 65.1 Å². The van der Waals surface area contributed by atoms with Crippen LogP contribution in [0.2, 0.25) is 0 Å². The van der Waals surface area contributed by atoms with Crippen LogP contribution >= 0.6 is 0 Å². The maximum atomic E-state index is 10.0. The van der Waals surface area contributed by atoms with Gasteiger partial charge in [0, 0.05) is 39.4 Å². The van der Waals surface area contributed by atoms with Crippen molar-refractivity contribution in [3.63, 3.8) is 0 Å². The molecule has 0 aromatic heterocycles. The Morgan fingerprint density at radius 3 is 2.33 bits per heavy atom. The van der Waals surface area contributed by atoms with Crippen LogP contribution in [0.15, 0.2) is 0 Å². The standard InChI is InChI=1S/C14H28N2O2/c1-13(17)3-7-16(8-4-13)12-14(11-15-2)5-9-18-10-6-14/h15,17H,3-12H2,1-2H3. The molecule has 4 heteroatoms. The number of aliphatic hydroxyl groups is 1. The van der Waals surface area contributed by atoms with Crippen molar-refractivity contribution >= 4 is 0 Å². The second-order valence-corrected chi connectivity index (χ2v) is 6.42. The fraction of sp³-hybridized carbons (Fsp3) is 1.00. The van der Waals surface area contributed by atoms with Gasteiger partial charge in [-0.15, -0.1) is 0 Å². The second kappa shape index (κ2) is 5.87. The van der Waals surface area contributed by atoms with Gasteiger partial charge < -0.3 is 20.1 Å². The maximum Gasteiger partial charge on any atom is 0.0644 e. The zero-order valence-electron chi connectivity index (χ0n) is 11.9. The summed E-state index contributed by atoms with van der Waals surface area (Å²) in [5.41, 5.74) is -0.0709. The highest BCUT2D eigenvalue weighted by molar-refractivity contribution is 4.90. The molecule has 2 heterocycles. The van der Waals surface area contributed by atoms with E-state index < -0.39 is 5.60 Å². The van der Waals surface area contributed by atoms with Crippen molar-refractivity contribution in [2.75, 3.05) is 46.4 Å². The van der Waals surface area contributed by atoms with E-state index in [2.05, 4.69) is 10.2 Å². The molecule has 18 heavy (non-hydrogen) atoms. The Balaban J connectivity index is 1.89. The van der Waals surface area contributed by atoms with Crippen LogP contribution in [0.3, 0.4) is 0 Å². The van der Waals surface area contributed by atoms with Crippen molar-refractivity contribution in [3.8, 4) is 0 Å². The van der Waals surface area contributed by atoms with Crippen LogP contribution in [-0.2, 0) is 4.74 Å². The summed E-state index contributed by atoms with van der Waals surface area (Å²) in [7, 11) is 2.04. The number of ether oxygens (including phenoxy) is 1. The molecular weight excluding hydrogens is 228 g/mol. The van der Waals surface area contributed by atoms with Gasteiger partial charge in [-0.1, -0.05) is 0 Å². The first-order valence-electron chi connectivity index (χ1n) is 7.22. The first kappa shape index (κ1) is 14.3. The SMILES string of the molecule is CNCC1(CN2CCC(C)(O)CC2)CCOCC1. The molecule has 4 nitrogen and oxygen atoms in total. The van der Waals surface area contributed by atoms with Gasteiger partial charge in [-0.05, 0) is 45.1 Å². The van der Waals surface area contributed by atoms with Crippen LogP contribution in [-0.4, -0.2) is 62.0 Å². The van der Waals surface area contributed by atoms with Gasteiger partial charge in [0.15, 0.2) is 0 Å². The molecule has 0 bridgehead atoms. The molecule has 0 aromatic carbocycles. The summed E-state index contributed by atoms with van der Waals surface area (Å²) in [5.74, 6) is 0. The summed E-state index contributed by atoms with van der Waals surface area (Å²) in [6, 6.07) is 0. The normalized spacial score (nSPS) is 28.2. The first-order chi connectivity index (χ1) is 8.55. The lowest BCUT2D eigenvalue weighted by molar-refractivity contribution is -0.0384. The summed E-state index contributed by atoms with van der Waals surface area (Å²) < 4.78 is 5.51. The smallest absolute Gasteiger partial charge is 0.0644 e. The first-order valence-corrected chi connectivity index (χ1v) is 7.22. The maximum absolute atomic E-state index is 10.0. The van der Waals surface area contributed by atoms with Gasteiger partial charge in [0.2, 0.25) is 0 Å².